The van der Waals surface area contributed by atoms with Gasteiger partial charge in [-0.15, -0.1) is 0 Å². The summed E-state index contributed by atoms with van der Waals surface area (Å²) in [6, 6.07) is 9.74. The molecule has 18 heavy (non-hydrogen) atoms. The second-order valence-electron chi connectivity index (χ2n) is 4.53. The first kappa shape index (κ1) is 12.9. The number of para-hydroxylation sites is 1. The van der Waals surface area contributed by atoms with Gasteiger partial charge in [-0.1, -0.05) is 18.2 Å². The van der Waals surface area contributed by atoms with Gasteiger partial charge in [0.2, 0.25) is 0 Å². The third kappa shape index (κ3) is 2.20. The van der Waals surface area contributed by atoms with Crippen LogP contribution in [0.15, 0.2) is 30.3 Å². The van der Waals surface area contributed by atoms with Crippen LogP contribution in [0.1, 0.15) is 19.8 Å². The predicted molar refractivity (Wildman–Crippen MR) is 69.9 cm³/mol. The molecule has 98 valence electrons. The number of carboxylic acids is 1. The highest BCUT2D eigenvalue weighted by atomic mass is 16.5. The van der Waals surface area contributed by atoms with Gasteiger partial charge in [0.1, 0.15) is 5.54 Å². The van der Waals surface area contributed by atoms with Crippen LogP contribution in [-0.4, -0.2) is 36.4 Å². The molecule has 1 fully saturated rings. The lowest BCUT2D eigenvalue weighted by atomic mass is 9.87. The third-order valence-electron chi connectivity index (χ3n) is 3.62. The van der Waals surface area contributed by atoms with Crippen LogP contribution in [0.3, 0.4) is 0 Å². The van der Waals surface area contributed by atoms with Gasteiger partial charge in [0.15, 0.2) is 0 Å². The van der Waals surface area contributed by atoms with Crippen molar-refractivity contribution in [2.24, 2.45) is 0 Å². The molecule has 0 saturated carbocycles. The van der Waals surface area contributed by atoms with Crippen LogP contribution in [0.2, 0.25) is 0 Å². The van der Waals surface area contributed by atoms with Crippen LogP contribution in [0.5, 0.6) is 0 Å². The lowest BCUT2D eigenvalue weighted by molar-refractivity contribution is -0.147. The van der Waals surface area contributed by atoms with Crippen molar-refractivity contribution in [2.45, 2.75) is 25.3 Å². The number of hydrogen-bond acceptors (Lipinski definition) is 3. The number of aliphatic carboxylic acids is 1. The lowest BCUT2D eigenvalue weighted by Crippen LogP contribution is -2.58. The number of rotatable bonds is 4. The number of nitrogens with zero attached hydrogens (tertiary/aromatic N) is 1. The van der Waals surface area contributed by atoms with Crippen molar-refractivity contribution in [2.75, 3.05) is 24.7 Å². The Balaban J connectivity index is 2.36. The van der Waals surface area contributed by atoms with Crippen molar-refractivity contribution < 1.29 is 14.6 Å². The Hall–Kier alpha value is -1.55. The molecule has 0 bridgehead atoms. The zero-order valence-corrected chi connectivity index (χ0v) is 10.6. The average molecular weight is 249 g/mol. The van der Waals surface area contributed by atoms with Gasteiger partial charge < -0.3 is 14.7 Å². The summed E-state index contributed by atoms with van der Waals surface area (Å²) >= 11 is 0. The largest absolute Gasteiger partial charge is 0.479 e. The molecule has 0 unspecified atom stereocenters. The Morgan fingerprint density at radius 1 is 1.33 bits per heavy atom. The van der Waals surface area contributed by atoms with E-state index in [1.165, 1.54) is 0 Å². The summed E-state index contributed by atoms with van der Waals surface area (Å²) in [5.74, 6) is -0.753. The molecule has 0 spiro atoms. The Morgan fingerprint density at radius 3 is 2.44 bits per heavy atom. The van der Waals surface area contributed by atoms with Crippen molar-refractivity contribution in [3.8, 4) is 0 Å². The van der Waals surface area contributed by atoms with Gasteiger partial charge in [0, 0.05) is 38.3 Å². The summed E-state index contributed by atoms with van der Waals surface area (Å²) in [6.07, 6.45) is 1.07. The highest BCUT2D eigenvalue weighted by Gasteiger charge is 2.45. The average Bonchev–Trinajstić information content (AvgIpc) is 2.41. The SMILES string of the molecule is CCN(c1ccccc1)C1(C(=O)O)CCOCC1. The van der Waals surface area contributed by atoms with E-state index < -0.39 is 11.5 Å². The number of hydrogen-bond donors (Lipinski definition) is 1. The second-order valence-corrected chi connectivity index (χ2v) is 4.53. The number of ether oxygens (including phenoxy) is 1. The first-order valence-corrected chi connectivity index (χ1v) is 6.34. The van der Waals surface area contributed by atoms with Gasteiger partial charge >= 0.3 is 5.97 Å². The summed E-state index contributed by atoms with van der Waals surface area (Å²) in [7, 11) is 0. The van der Waals surface area contributed by atoms with E-state index in [1.807, 2.05) is 42.2 Å². The molecule has 0 atom stereocenters. The highest BCUT2D eigenvalue weighted by molar-refractivity contribution is 5.84. The maximum atomic E-state index is 11.8. The molecule has 1 N–H and O–H groups in total. The highest BCUT2D eigenvalue weighted by Crippen LogP contribution is 2.32. The van der Waals surface area contributed by atoms with Crippen molar-refractivity contribution in [3.63, 3.8) is 0 Å². The van der Waals surface area contributed by atoms with Crippen LogP contribution in [-0.2, 0) is 9.53 Å². The van der Waals surface area contributed by atoms with Crippen molar-refractivity contribution in [3.05, 3.63) is 30.3 Å². The molecular formula is C14H19NO3. The van der Waals surface area contributed by atoms with E-state index in [2.05, 4.69) is 0 Å². The van der Waals surface area contributed by atoms with Crippen LogP contribution in [0, 0.1) is 0 Å². The topological polar surface area (TPSA) is 49.8 Å². The van der Waals surface area contributed by atoms with Crippen molar-refractivity contribution in [1.82, 2.24) is 0 Å². The van der Waals surface area contributed by atoms with Crippen LogP contribution < -0.4 is 4.90 Å². The van der Waals surface area contributed by atoms with Gasteiger partial charge in [0.25, 0.3) is 0 Å². The number of likely N-dealkylation sites (N-methyl/N-ethyl adjacent to an activating group) is 1. The Morgan fingerprint density at radius 2 is 1.94 bits per heavy atom. The van der Waals surface area contributed by atoms with Gasteiger partial charge in [0.05, 0.1) is 0 Å². The molecule has 1 aliphatic heterocycles. The molecule has 1 aliphatic rings. The molecule has 4 heteroatoms. The van der Waals surface area contributed by atoms with E-state index in [0.29, 0.717) is 32.6 Å². The van der Waals surface area contributed by atoms with E-state index in [-0.39, 0.29) is 0 Å². The predicted octanol–water partition coefficient (Wildman–Crippen LogP) is 2.15. The summed E-state index contributed by atoms with van der Waals surface area (Å²) in [5.41, 5.74) is 0.137. The van der Waals surface area contributed by atoms with Crippen molar-refractivity contribution in [1.29, 1.82) is 0 Å². The van der Waals surface area contributed by atoms with E-state index >= 15 is 0 Å². The first-order valence-electron chi connectivity index (χ1n) is 6.34. The fraction of sp³-hybridized carbons (Fsp3) is 0.500. The molecule has 1 aromatic carbocycles. The van der Waals surface area contributed by atoms with Crippen molar-refractivity contribution >= 4 is 11.7 Å². The molecule has 1 aromatic rings. The van der Waals surface area contributed by atoms with Gasteiger partial charge in [-0.3, -0.25) is 0 Å². The molecule has 0 aromatic heterocycles. The quantitative estimate of drug-likeness (QED) is 0.888. The molecule has 2 rings (SSSR count). The molecular weight excluding hydrogens is 230 g/mol. The third-order valence-corrected chi connectivity index (χ3v) is 3.62. The minimum absolute atomic E-state index is 0.510. The smallest absolute Gasteiger partial charge is 0.329 e. The minimum Gasteiger partial charge on any atom is -0.479 e. The molecule has 1 heterocycles. The molecule has 0 radical (unpaired) electrons. The summed E-state index contributed by atoms with van der Waals surface area (Å²) < 4.78 is 5.32. The number of anilines is 1. The zero-order chi connectivity index (χ0) is 13.0. The van der Waals surface area contributed by atoms with Gasteiger partial charge in [-0.2, -0.15) is 0 Å². The van der Waals surface area contributed by atoms with E-state index in [1.54, 1.807) is 0 Å². The Kier molecular flexibility index (Phi) is 3.87. The van der Waals surface area contributed by atoms with Crippen LogP contribution in [0.4, 0.5) is 5.69 Å². The summed E-state index contributed by atoms with van der Waals surface area (Å²) in [5, 5.41) is 9.65. The fourth-order valence-corrected chi connectivity index (χ4v) is 2.65. The molecule has 0 aliphatic carbocycles. The van der Waals surface area contributed by atoms with E-state index in [4.69, 9.17) is 4.74 Å². The second kappa shape index (κ2) is 5.40. The number of benzene rings is 1. The normalized spacial score (nSPS) is 18.3. The molecule has 0 amide bonds. The Labute approximate surface area is 107 Å². The fourth-order valence-electron chi connectivity index (χ4n) is 2.65. The van der Waals surface area contributed by atoms with Gasteiger partial charge in [-0.25, -0.2) is 4.79 Å². The van der Waals surface area contributed by atoms with Crippen LogP contribution in [0.25, 0.3) is 0 Å². The molecule has 1 saturated heterocycles. The Bertz CT molecular complexity index is 399. The zero-order valence-electron chi connectivity index (χ0n) is 10.6. The maximum Gasteiger partial charge on any atom is 0.329 e. The van der Waals surface area contributed by atoms with E-state index in [9.17, 15) is 9.90 Å². The molecule has 4 nitrogen and oxygen atoms in total. The van der Waals surface area contributed by atoms with Gasteiger partial charge in [-0.05, 0) is 19.1 Å². The maximum absolute atomic E-state index is 11.8. The minimum atomic E-state index is -0.825. The lowest BCUT2D eigenvalue weighted by Gasteiger charge is -2.44. The number of carboxylic acid groups (broad SMARTS) is 1. The van der Waals surface area contributed by atoms with E-state index in [0.717, 1.165) is 5.69 Å². The number of carbonyl (C=O) groups is 1. The summed E-state index contributed by atoms with van der Waals surface area (Å²) in [6.45, 7) is 3.69. The summed E-state index contributed by atoms with van der Waals surface area (Å²) in [4.78, 5) is 13.7. The standard InChI is InChI=1S/C14H19NO3/c1-2-15(12-6-4-3-5-7-12)14(13(16)17)8-10-18-11-9-14/h3-7H,2,8-11H2,1H3,(H,16,17). The first-order chi connectivity index (χ1) is 8.70. The monoisotopic (exact) mass is 249 g/mol. The van der Waals surface area contributed by atoms with Crippen LogP contribution >= 0.6 is 0 Å².